The lowest BCUT2D eigenvalue weighted by atomic mass is 10.3. The monoisotopic (exact) mass is 392 g/mol. The number of ether oxygens (including phenoxy) is 2. The number of rotatable bonds is 7. The molecule has 2 N–H and O–H groups in total. The molecule has 0 radical (unpaired) electrons. The molecule has 3 aromatic rings. The van der Waals surface area contributed by atoms with Gasteiger partial charge in [0.05, 0.1) is 25.5 Å². The molecule has 0 spiro atoms. The van der Waals surface area contributed by atoms with Crippen molar-refractivity contribution in [3.8, 4) is 5.75 Å². The van der Waals surface area contributed by atoms with Gasteiger partial charge >= 0.3 is 0 Å². The summed E-state index contributed by atoms with van der Waals surface area (Å²) in [6.07, 6.45) is 0. The van der Waals surface area contributed by atoms with Crippen LogP contribution in [0.2, 0.25) is 0 Å². The van der Waals surface area contributed by atoms with Gasteiger partial charge in [-0.25, -0.2) is 0 Å². The van der Waals surface area contributed by atoms with Gasteiger partial charge in [0.15, 0.2) is 0 Å². The zero-order valence-electron chi connectivity index (χ0n) is 16.3. The lowest BCUT2D eigenvalue weighted by molar-refractivity contribution is 0.122. The molecule has 0 amide bonds. The molecule has 2 heterocycles. The summed E-state index contributed by atoms with van der Waals surface area (Å²) in [5.74, 6) is 2.29. The van der Waals surface area contributed by atoms with Gasteiger partial charge in [-0.3, -0.25) is 0 Å². The maximum Gasteiger partial charge on any atom is 0.233 e. The summed E-state index contributed by atoms with van der Waals surface area (Å²) < 4.78 is 11.2. The minimum Gasteiger partial charge on any atom is -0.492 e. The maximum atomic E-state index is 5.71. The van der Waals surface area contributed by atoms with Gasteiger partial charge in [0.1, 0.15) is 5.75 Å². The molecule has 4 rings (SSSR count). The van der Waals surface area contributed by atoms with Crippen LogP contribution in [0.25, 0.3) is 0 Å². The Labute approximate surface area is 169 Å². The molecule has 0 saturated carbocycles. The quantitative estimate of drug-likeness (QED) is 0.631. The smallest absolute Gasteiger partial charge is 0.233 e. The Morgan fingerprint density at radius 2 is 1.59 bits per heavy atom. The zero-order chi connectivity index (χ0) is 19.9. The molecule has 0 bridgehead atoms. The summed E-state index contributed by atoms with van der Waals surface area (Å²) in [6, 6.07) is 17.6. The summed E-state index contributed by atoms with van der Waals surface area (Å²) in [5.41, 5.74) is 1.71. The third kappa shape index (κ3) is 4.91. The van der Waals surface area contributed by atoms with Crippen LogP contribution in [0.4, 0.5) is 29.2 Å². The van der Waals surface area contributed by atoms with Crippen LogP contribution in [0.1, 0.15) is 6.92 Å². The molecule has 1 aliphatic rings. The number of aromatic nitrogens is 3. The van der Waals surface area contributed by atoms with Crippen LogP contribution < -0.4 is 20.3 Å². The van der Waals surface area contributed by atoms with E-state index in [1.54, 1.807) is 0 Å². The third-order valence-corrected chi connectivity index (χ3v) is 4.38. The Morgan fingerprint density at radius 1 is 0.897 bits per heavy atom. The normalized spacial score (nSPS) is 13.8. The second-order valence-electron chi connectivity index (χ2n) is 6.43. The summed E-state index contributed by atoms with van der Waals surface area (Å²) >= 11 is 0. The maximum absolute atomic E-state index is 5.71. The van der Waals surface area contributed by atoms with Crippen LogP contribution in [0.3, 0.4) is 0 Å². The number of hydrogen-bond donors (Lipinski definition) is 2. The fourth-order valence-corrected chi connectivity index (χ4v) is 3.00. The van der Waals surface area contributed by atoms with E-state index in [0.717, 1.165) is 30.2 Å². The van der Waals surface area contributed by atoms with Crippen molar-refractivity contribution in [2.45, 2.75) is 6.92 Å². The molecule has 8 nitrogen and oxygen atoms in total. The largest absolute Gasteiger partial charge is 0.492 e. The number of para-hydroxylation sites is 3. The van der Waals surface area contributed by atoms with E-state index in [4.69, 9.17) is 9.47 Å². The van der Waals surface area contributed by atoms with E-state index in [9.17, 15) is 0 Å². The number of nitrogens with zero attached hydrogens (tertiary/aromatic N) is 4. The molecule has 0 unspecified atom stereocenters. The predicted molar refractivity (Wildman–Crippen MR) is 113 cm³/mol. The molecule has 8 heteroatoms. The molecule has 1 saturated heterocycles. The minimum atomic E-state index is 0.451. The topological polar surface area (TPSA) is 84.4 Å². The van der Waals surface area contributed by atoms with Gasteiger partial charge < -0.3 is 25.0 Å². The van der Waals surface area contributed by atoms with E-state index < -0.39 is 0 Å². The highest BCUT2D eigenvalue weighted by Crippen LogP contribution is 2.27. The minimum absolute atomic E-state index is 0.451. The molecule has 0 aliphatic carbocycles. The fourth-order valence-electron chi connectivity index (χ4n) is 3.00. The van der Waals surface area contributed by atoms with Crippen LogP contribution in [0.15, 0.2) is 54.6 Å². The van der Waals surface area contributed by atoms with Gasteiger partial charge in [-0.05, 0) is 31.2 Å². The van der Waals surface area contributed by atoms with E-state index in [2.05, 4.69) is 30.5 Å². The molecule has 150 valence electrons. The molecule has 1 aliphatic heterocycles. The summed E-state index contributed by atoms with van der Waals surface area (Å²) in [4.78, 5) is 15.9. The van der Waals surface area contributed by atoms with Crippen LogP contribution in [0, 0.1) is 0 Å². The van der Waals surface area contributed by atoms with Crippen molar-refractivity contribution in [1.82, 2.24) is 15.0 Å². The van der Waals surface area contributed by atoms with Crippen LogP contribution in [-0.2, 0) is 4.74 Å². The number of benzene rings is 2. The summed E-state index contributed by atoms with van der Waals surface area (Å²) in [5, 5.41) is 6.54. The highest BCUT2D eigenvalue weighted by Gasteiger charge is 2.17. The molecular formula is C21H24N6O2. The fraction of sp³-hybridized carbons (Fsp3) is 0.286. The van der Waals surface area contributed by atoms with Crippen LogP contribution in [-0.4, -0.2) is 47.9 Å². The van der Waals surface area contributed by atoms with Crippen molar-refractivity contribution in [2.24, 2.45) is 0 Å². The van der Waals surface area contributed by atoms with E-state index in [0.29, 0.717) is 37.7 Å². The van der Waals surface area contributed by atoms with Crippen molar-refractivity contribution >= 4 is 29.2 Å². The molecule has 1 aromatic heterocycles. The van der Waals surface area contributed by atoms with E-state index in [1.807, 2.05) is 61.5 Å². The molecule has 1 fully saturated rings. The van der Waals surface area contributed by atoms with Crippen molar-refractivity contribution in [3.63, 3.8) is 0 Å². The number of morpholine rings is 1. The second-order valence-corrected chi connectivity index (χ2v) is 6.43. The van der Waals surface area contributed by atoms with Crippen molar-refractivity contribution in [3.05, 3.63) is 54.6 Å². The van der Waals surface area contributed by atoms with E-state index in [-0.39, 0.29) is 0 Å². The van der Waals surface area contributed by atoms with Gasteiger partial charge in [-0.2, -0.15) is 15.0 Å². The van der Waals surface area contributed by atoms with Crippen molar-refractivity contribution in [2.75, 3.05) is 48.4 Å². The number of hydrogen-bond acceptors (Lipinski definition) is 8. The second kappa shape index (κ2) is 9.20. The van der Waals surface area contributed by atoms with Gasteiger partial charge in [0.2, 0.25) is 17.8 Å². The van der Waals surface area contributed by atoms with E-state index >= 15 is 0 Å². The SMILES string of the molecule is CCOc1ccccc1Nc1nc(Nc2ccccc2)nc(N2CCOCC2)n1. The summed E-state index contributed by atoms with van der Waals surface area (Å²) in [6.45, 7) is 5.33. The summed E-state index contributed by atoms with van der Waals surface area (Å²) in [7, 11) is 0. The highest BCUT2D eigenvalue weighted by atomic mass is 16.5. The average Bonchev–Trinajstić information content (AvgIpc) is 2.76. The zero-order valence-corrected chi connectivity index (χ0v) is 16.3. The number of anilines is 5. The van der Waals surface area contributed by atoms with Crippen LogP contribution >= 0.6 is 0 Å². The predicted octanol–water partition coefficient (Wildman–Crippen LogP) is 3.59. The Balaban J connectivity index is 1.65. The lowest BCUT2D eigenvalue weighted by Gasteiger charge is -2.27. The highest BCUT2D eigenvalue weighted by molar-refractivity contribution is 5.64. The first kappa shape index (κ1) is 18.9. The lowest BCUT2D eigenvalue weighted by Crippen LogP contribution is -2.37. The Hall–Kier alpha value is -3.39. The van der Waals surface area contributed by atoms with E-state index in [1.165, 1.54) is 0 Å². The first-order valence-corrected chi connectivity index (χ1v) is 9.71. The van der Waals surface area contributed by atoms with Gasteiger partial charge in [0, 0.05) is 18.8 Å². The van der Waals surface area contributed by atoms with Gasteiger partial charge in [-0.15, -0.1) is 0 Å². The molecule has 2 aromatic carbocycles. The third-order valence-electron chi connectivity index (χ3n) is 4.38. The molecule has 0 atom stereocenters. The van der Waals surface area contributed by atoms with Gasteiger partial charge in [-0.1, -0.05) is 30.3 Å². The average molecular weight is 392 g/mol. The molecular weight excluding hydrogens is 368 g/mol. The Morgan fingerprint density at radius 3 is 2.34 bits per heavy atom. The first-order valence-electron chi connectivity index (χ1n) is 9.71. The van der Waals surface area contributed by atoms with Gasteiger partial charge in [0.25, 0.3) is 0 Å². The Bertz CT molecular complexity index is 931. The standard InChI is InChI=1S/C21H24N6O2/c1-2-29-18-11-7-6-10-17(18)23-20-24-19(22-16-8-4-3-5-9-16)25-21(26-20)27-12-14-28-15-13-27/h3-11H,2,12-15H2,1H3,(H2,22,23,24,25,26). The Kier molecular flexibility index (Phi) is 6.01. The van der Waals surface area contributed by atoms with Crippen molar-refractivity contribution in [1.29, 1.82) is 0 Å². The molecule has 29 heavy (non-hydrogen) atoms. The van der Waals surface area contributed by atoms with Crippen LogP contribution in [0.5, 0.6) is 5.75 Å². The number of nitrogens with one attached hydrogen (secondary N) is 2. The first-order chi connectivity index (χ1) is 14.3. The van der Waals surface area contributed by atoms with Crippen molar-refractivity contribution < 1.29 is 9.47 Å².